The SMILES string of the molecule is Cc1c(C)c2ccc(O[C@@H](C)C(=O)N[C@H](C(=O)O)c3ccccc3)c(C)c2oc1=O. The Morgan fingerprint density at radius 1 is 1.00 bits per heavy atom. The molecule has 30 heavy (non-hydrogen) atoms. The summed E-state index contributed by atoms with van der Waals surface area (Å²) >= 11 is 0. The number of nitrogens with one attached hydrogen (secondary N) is 1. The molecule has 2 N–H and O–H groups in total. The molecule has 0 aliphatic rings. The Hall–Kier alpha value is -3.61. The molecule has 1 aromatic heterocycles. The lowest BCUT2D eigenvalue weighted by atomic mass is 10.0. The summed E-state index contributed by atoms with van der Waals surface area (Å²) in [5.41, 5.74) is 2.40. The molecule has 7 nitrogen and oxygen atoms in total. The number of carbonyl (C=O) groups excluding carboxylic acids is 1. The van der Waals surface area contributed by atoms with Crippen molar-refractivity contribution in [2.24, 2.45) is 0 Å². The summed E-state index contributed by atoms with van der Waals surface area (Å²) in [6, 6.07) is 10.7. The zero-order valence-corrected chi connectivity index (χ0v) is 17.2. The van der Waals surface area contributed by atoms with Crippen LogP contribution in [0.3, 0.4) is 0 Å². The lowest BCUT2D eigenvalue weighted by molar-refractivity contribution is -0.143. The Bertz CT molecular complexity index is 1170. The van der Waals surface area contributed by atoms with Gasteiger partial charge in [-0.15, -0.1) is 0 Å². The minimum absolute atomic E-state index is 0.378. The van der Waals surface area contributed by atoms with E-state index in [1.165, 1.54) is 6.92 Å². The van der Waals surface area contributed by atoms with Crippen LogP contribution in [-0.2, 0) is 9.59 Å². The van der Waals surface area contributed by atoms with E-state index < -0.39 is 29.6 Å². The number of ether oxygens (including phenoxy) is 1. The first-order valence-corrected chi connectivity index (χ1v) is 9.49. The zero-order chi connectivity index (χ0) is 22.0. The summed E-state index contributed by atoms with van der Waals surface area (Å²) in [5, 5.41) is 12.8. The van der Waals surface area contributed by atoms with Crippen LogP contribution >= 0.6 is 0 Å². The summed E-state index contributed by atoms with van der Waals surface area (Å²) in [6.45, 7) is 6.82. The summed E-state index contributed by atoms with van der Waals surface area (Å²) in [7, 11) is 0. The van der Waals surface area contributed by atoms with Gasteiger partial charge in [0.25, 0.3) is 5.91 Å². The smallest absolute Gasteiger partial charge is 0.339 e. The fraction of sp³-hybridized carbons (Fsp3) is 0.261. The number of fused-ring (bicyclic) bond motifs is 1. The predicted molar refractivity (Wildman–Crippen MR) is 112 cm³/mol. The number of carbonyl (C=O) groups is 2. The van der Waals surface area contributed by atoms with E-state index in [4.69, 9.17) is 9.15 Å². The van der Waals surface area contributed by atoms with Crippen LogP contribution in [0, 0.1) is 20.8 Å². The number of benzene rings is 2. The Morgan fingerprint density at radius 2 is 1.67 bits per heavy atom. The Morgan fingerprint density at radius 3 is 2.30 bits per heavy atom. The van der Waals surface area contributed by atoms with Gasteiger partial charge in [-0.2, -0.15) is 0 Å². The van der Waals surface area contributed by atoms with E-state index in [2.05, 4.69) is 5.32 Å². The fourth-order valence-electron chi connectivity index (χ4n) is 3.19. The minimum Gasteiger partial charge on any atom is -0.480 e. The van der Waals surface area contributed by atoms with Crippen molar-refractivity contribution in [1.29, 1.82) is 0 Å². The summed E-state index contributed by atoms with van der Waals surface area (Å²) in [4.78, 5) is 36.2. The van der Waals surface area contributed by atoms with Gasteiger partial charge in [0, 0.05) is 16.5 Å². The van der Waals surface area contributed by atoms with Gasteiger partial charge in [-0.25, -0.2) is 9.59 Å². The van der Waals surface area contributed by atoms with E-state index in [-0.39, 0.29) is 0 Å². The first kappa shape index (κ1) is 21.1. The molecule has 0 saturated heterocycles. The summed E-state index contributed by atoms with van der Waals surface area (Å²) in [5.74, 6) is -1.37. The summed E-state index contributed by atoms with van der Waals surface area (Å²) in [6.07, 6.45) is -0.968. The fourth-order valence-corrected chi connectivity index (χ4v) is 3.19. The highest BCUT2D eigenvalue weighted by Gasteiger charge is 2.26. The van der Waals surface area contributed by atoms with Crippen LogP contribution in [0.15, 0.2) is 51.7 Å². The van der Waals surface area contributed by atoms with E-state index in [9.17, 15) is 19.5 Å². The van der Waals surface area contributed by atoms with Crippen molar-refractivity contribution >= 4 is 22.8 Å². The number of hydrogen-bond acceptors (Lipinski definition) is 5. The molecule has 3 aromatic rings. The van der Waals surface area contributed by atoms with Gasteiger partial charge in [-0.1, -0.05) is 30.3 Å². The third-order valence-corrected chi connectivity index (χ3v) is 5.16. The lowest BCUT2D eigenvalue weighted by Gasteiger charge is -2.20. The number of carboxylic acids is 1. The normalized spacial score (nSPS) is 12.9. The van der Waals surface area contributed by atoms with Gasteiger partial charge in [0.2, 0.25) is 0 Å². The van der Waals surface area contributed by atoms with Crippen molar-refractivity contribution in [3.63, 3.8) is 0 Å². The van der Waals surface area contributed by atoms with Crippen molar-refractivity contribution in [2.45, 2.75) is 39.8 Å². The molecule has 2 aromatic carbocycles. The predicted octanol–water partition coefficient (Wildman–Crippen LogP) is 3.43. The molecule has 0 saturated carbocycles. The van der Waals surface area contributed by atoms with Crippen LogP contribution in [0.4, 0.5) is 0 Å². The van der Waals surface area contributed by atoms with Crippen LogP contribution < -0.4 is 15.7 Å². The molecule has 0 fully saturated rings. The second-order valence-electron chi connectivity index (χ2n) is 7.16. The molecule has 1 amide bonds. The van der Waals surface area contributed by atoms with Crippen molar-refractivity contribution < 1.29 is 23.8 Å². The van der Waals surface area contributed by atoms with Gasteiger partial charge >= 0.3 is 11.6 Å². The molecule has 0 aliphatic heterocycles. The van der Waals surface area contributed by atoms with E-state index >= 15 is 0 Å². The van der Waals surface area contributed by atoms with E-state index in [1.807, 2.05) is 6.92 Å². The topological polar surface area (TPSA) is 106 Å². The lowest BCUT2D eigenvalue weighted by Crippen LogP contribution is -2.41. The van der Waals surface area contributed by atoms with Crippen LogP contribution in [0.5, 0.6) is 5.75 Å². The van der Waals surface area contributed by atoms with Crippen LogP contribution in [0.1, 0.15) is 35.2 Å². The number of hydrogen-bond donors (Lipinski definition) is 2. The van der Waals surface area contributed by atoms with Crippen molar-refractivity contribution in [1.82, 2.24) is 5.32 Å². The molecule has 0 bridgehead atoms. The van der Waals surface area contributed by atoms with Gasteiger partial charge in [-0.3, -0.25) is 4.79 Å². The third kappa shape index (κ3) is 4.05. The average Bonchev–Trinajstić information content (AvgIpc) is 2.73. The molecule has 2 atom stereocenters. The van der Waals surface area contributed by atoms with E-state index in [0.717, 1.165) is 10.9 Å². The average molecular weight is 409 g/mol. The number of aliphatic carboxylic acids is 1. The molecule has 7 heteroatoms. The largest absolute Gasteiger partial charge is 0.480 e. The maximum atomic E-state index is 12.6. The maximum absolute atomic E-state index is 12.6. The molecule has 156 valence electrons. The van der Waals surface area contributed by atoms with Crippen molar-refractivity contribution in [3.05, 3.63) is 75.1 Å². The number of carboxylic acid groups (broad SMARTS) is 1. The van der Waals surface area contributed by atoms with Gasteiger partial charge < -0.3 is 19.6 Å². The first-order chi connectivity index (χ1) is 14.2. The Balaban J connectivity index is 1.84. The third-order valence-electron chi connectivity index (χ3n) is 5.16. The molecule has 3 rings (SSSR count). The van der Waals surface area contributed by atoms with Gasteiger partial charge in [-0.05, 0) is 51.0 Å². The van der Waals surface area contributed by atoms with E-state index in [0.29, 0.717) is 28.0 Å². The highest BCUT2D eigenvalue weighted by Crippen LogP contribution is 2.30. The summed E-state index contributed by atoms with van der Waals surface area (Å²) < 4.78 is 11.2. The van der Waals surface area contributed by atoms with Crippen LogP contribution in [-0.4, -0.2) is 23.1 Å². The Kier molecular flexibility index (Phi) is 5.91. The number of amides is 1. The minimum atomic E-state index is -1.19. The zero-order valence-electron chi connectivity index (χ0n) is 17.2. The quantitative estimate of drug-likeness (QED) is 0.604. The van der Waals surface area contributed by atoms with Gasteiger partial charge in [0.1, 0.15) is 11.3 Å². The number of rotatable bonds is 6. The standard InChI is InChI=1S/C23H23NO6/c1-12-13(2)23(28)30-20-14(3)18(11-10-17(12)20)29-15(4)21(25)24-19(22(26)27)16-8-6-5-7-9-16/h5-11,15,19H,1-4H3,(H,24,25)(H,26,27)/t15-,19-/m0/s1. The monoisotopic (exact) mass is 409 g/mol. The maximum Gasteiger partial charge on any atom is 0.339 e. The molecular formula is C23H23NO6. The van der Waals surface area contributed by atoms with Crippen LogP contribution in [0.25, 0.3) is 11.0 Å². The highest BCUT2D eigenvalue weighted by molar-refractivity contribution is 5.88. The highest BCUT2D eigenvalue weighted by atomic mass is 16.5. The van der Waals surface area contributed by atoms with Crippen molar-refractivity contribution in [3.8, 4) is 5.75 Å². The van der Waals surface area contributed by atoms with Gasteiger partial charge in [0.15, 0.2) is 12.1 Å². The van der Waals surface area contributed by atoms with Crippen LogP contribution in [0.2, 0.25) is 0 Å². The number of aryl methyl sites for hydroxylation is 2. The second kappa shape index (κ2) is 8.41. The molecule has 0 unspecified atom stereocenters. The second-order valence-corrected chi connectivity index (χ2v) is 7.16. The van der Waals surface area contributed by atoms with Gasteiger partial charge in [0.05, 0.1) is 0 Å². The molecule has 0 aliphatic carbocycles. The molecule has 1 heterocycles. The van der Waals surface area contributed by atoms with E-state index in [1.54, 1.807) is 56.3 Å². The molecule has 0 radical (unpaired) electrons. The van der Waals surface area contributed by atoms with Crippen molar-refractivity contribution in [2.75, 3.05) is 0 Å². The molecular weight excluding hydrogens is 386 g/mol. The Labute approximate surface area is 173 Å². The molecule has 0 spiro atoms. The first-order valence-electron chi connectivity index (χ1n) is 9.49.